The van der Waals surface area contributed by atoms with Gasteiger partial charge in [-0.1, -0.05) is 11.6 Å². The highest BCUT2D eigenvalue weighted by atomic mass is 17.2. The zero-order valence-electron chi connectivity index (χ0n) is 12.5. The van der Waals surface area contributed by atoms with E-state index in [-0.39, 0.29) is 0 Å². The second-order valence-electron chi connectivity index (χ2n) is 4.75. The highest BCUT2D eigenvalue weighted by Crippen LogP contribution is 2.21. The summed E-state index contributed by atoms with van der Waals surface area (Å²) in [5, 5.41) is 0. The molecule has 1 atom stereocenters. The fourth-order valence-corrected chi connectivity index (χ4v) is 1.64. The molecule has 0 aromatic heterocycles. The van der Waals surface area contributed by atoms with Crippen LogP contribution in [0.5, 0.6) is 0 Å². The van der Waals surface area contributed by atoms with Crippen molar-refractivity contribution in [1.82, 2.24) is 0 Å². The molecule has 0 aliphatic carbocycles. The van der Waals surface area contributed by atoms with Crippen molar-refractivity contribution in [1.29, 1.82) is 0 Å². The summed E-state index contributed by atoms with van der Waals surface area (Å²) in [6.07, 6.45) is 6.32. The molecule has 0 aromatic rings. The summed E-state index contributed by atoms with van der Waals surface area (Å²) in [6.45, 7) is 7.19. The Labute approximate surface area is 111 Å². The Morgan fingerprint density at radius 2 is 1.83 bits per heavy atom. The van der Waals surface area contributed by atoms with E-state index in [4.69, 9.17) is 19.2 Å². The lowest BCUT2D eigenvalue weighted by molar-refractivity contribution is -0.414. The standard InChI is InChI=1S/C14H28O4/c1-13(2)9-7-6-8-10-14(3,18-16-5)17-12-11-15-4/h9H,6-8,10-12H2,1-5H3. The molecule has 4 nitrogen and oxygen atoms in total. The highest BCUT2D eigenvalue weighted by molar-refractivity contribution is 4.92. The van der Waals surface area contributed by atoms with Crippen molar-refractivity contribution < 1.29 is 19.2 Å². The Morgan fingerprint density at radius 1 is 1.11 bits per heavy atom. The van der Waals surface area contributed by atoms with Crippen molar-refractivity contribution in [3.8, 4) is 0 Å². The molecule has 0 saturated heterocycles. The smallest absolute Gasteiger partial charge is 0.198 e. The van der Waals surface area contributed by atoms with Gasteiger partial charge in [0.25, 0.3) is 0 Å². The Kier molecular flexibility index (Phi) is 10.3. The molecule has 0 spiro atoms. The van der Waals surface area contributed by atoms with Crippen LogP contribution in [0.1, 0.15) is 46.5 Å². The van der Waals surface area contributed by atoms with Crippen LogP contribution in [0.3, 0.4) is 0 Å². The van der Waals surface area contributed by atoms with E-state index >= 15 is 0 Å². The molecule has 0 aliphatic heterocycles. The van der Waals surface area contributed by atoms with Crippen LogP contribution in [0, 0.1) is 0 Å². The highest BCUT2D eigenvalue weighted by Gasteiger charge is 2.26. The van der Waals surface area contributed by atoms with E-state index in [0.717, 1.165) is 25.7 Å². The molecule has 0 radical (unpaired) electrons. The van der Waals surface area contributed by atoms with Gasteiger partial charge in [-0.05, 0) is 40.0 Å². The lowest BCUT2D eigenvalue weighted by Gasteiger charge is -2.27. The van der Waals surface area contributed by atoms with E-state index < -0.39 is 5.79 Å². The van der Waals surface area contributed by atoms with Gasteiger partial charge in [-0.3, -0.25) is 0 Å². The first-order valence-corrected chi connectivity index (χ1v) is 6.52. The predicted octanol–water partition coefficient (Wildman–Crippen LogP) is 3.47. The molecule has 0 amide bonds. The van der Waals surface area contributed by atoms with E-state index in [1.54, 1.807) is 7.11 Å². The Hall–Kier alpha value is -0.420. The van der Waals surface area contributed by atoms with Gasteiger partial charge >= 0.3 is 0 Å². The van der Waals surface area contributed by atoms with Crippen molar-refractivity contribution in [2.45, 2.75) is 52.2 Å². The minimum atomic E-state index is -0.682. The number of hydrogen-bond donors (Lipinski definition) is 0. The second-order valence-corrected chi connectivity index (χ2v) is 4.75. The quantitative estimate of drug-likeness (QED) is 0.187. The Bertz CT molecular complexity index is 224. The molecule has 1 unspecified atom stereocenters. The van der Waals surface area contributed by atoms with Crippen LogP contribution in [0.4, 0.5) is 0 Å². The maximum absolute atomic E-state index is 5.65. The molecule has 0 rings (SSSR count). The van der Waals surface area contributed by atoms with Gasteiger partial charge in [0, 0.05) is 13.5 Å². The van der Waals surface area contributed by atoms with Crippen LogP contribution >= 0.6 is 0 Å². The molecule has 0 bridgehead atoms. The summed E-state index contributed by atoms with van der Waals surface area (Å²) < 4.78 is 10.6. The van der Waals surface area contributed by atoms with Gasteiger partial charge in [0.2, 0.25) is 0 Å². The van der Waals surface area contributed by atoms with Crippen molar-refractivity contribution in [3.63, 3.8) is 0 Å². The van der Waals surface area contributed by atoms with Crippen LogP contribution < -0.4 is 0 Å². The molecule has 0 fully saturated rings. The van der Waals surface area contributed by atoms with E-state index in [2.05, 4.69) is 19.9 Å². The summed E-state index contributed by atoms with van der Waals surface area (Å²) in [6, 6.07) is 0. The largest absolute Gasteiger partial charge is 0.382 e. The maximum Gasteiger partial charge on any atom is 0.198 e. The van der Waals surface area contributed by atoms with Crippen LogP contribution in [-0.2, 0) is 19.2 Å². The minimum absolute atomic E-state index is 0.504. The lowest BCUT2D eigenvalue weighted by Crippen LogP contribution is -2.33. The fourth-order valence-electron chi connectivity index (χ4n) is 1.64. The van der Waals surface area contributed by atoms with Crippen LogP contribution in [0.25, 0.3) is 0 Å². The number of methoxy groups -OCH3 is 1. The molecule has 0 aromatic carbocycles. The van der Waals surface area contributed by atoms with Crippen molar-refractivity contribution in [2.75, 3.05) is 27.4 Å². The average Bonchev–Trinajstić information content (AvgIpc) is 2.29. The predicted molar refractivity (Wildman–Crippen MR) is 72.2 cm³/mol. The Balaban J connectivity index is 3.90. The first-order chi connectivity index (χ1) is 8.54. The van der Waals surface area contributed by atoms with Crippen molar-refractivity contribution in [3.05, 3.63) is 11.6 Å². The van der Waals surface area contributed by atoms with Crippen LogP contribution in [-0.4, -0.2) is 33.2 Å². The molecular weight excluding hydrogens is 232 g/mol. The second kappa shape index (κ2) is 10.5. The Morgan fingerprint density at radius 3 is 2.39 bits per heavy atom. The zero-order valence-corrected chi connectivity index (χ0v) is 12.5. The van der Waals surface area contributed by atoms with Crippen LogP contribution in [0.2, 0.25) is 0 Å². The molecule has 4 heteroatoms. The van der Waals surface area contributed by atoms with Gasteiger partial charge < -0.3 is 9.47 Å². The van der Waals surface area contributed by atoms with Gasteiger partial charge in [-0.2, -0.15) is 0 Å². The summed E-state index contributed by atoms with van der Waals surface area (Å²) >= 11 is 0. The number of unbranched alkanes of at least 4 members (excludes halogenated alkanes) is 2. The molecule has 0 aliphatic rings. The van der Waals surface area contributed by atoms with E-state index in [9.17, 15) is 0 Å². The van der Waals surface area contributed by atoms with Crippen molar-refractivity contribution >= 4 is 0 Å². The van der Waals surface area contributed by atoms with Gasteiger partial charge in [0.15, 0.2) is 5.79 Å². The fraction of sp³-hybridized carbons (Fsp3) is 0.857. The summed E-state index contributed by atoms with van der Waals surface area (Å²) in [7, 11) is 3.15. The third-order valence-corrected chi connectivity index (χ3v) is 2.59. The summed E-state index contributed by atoms with van der Waals surface area (Å²) in [4.78, 5) is 9.97. The molecule has 0 heterocycles. The number of rotatable bonds is 11. The van der Waals surface area contributed by atoms with E-state index in [1.165, 1.54) is 12.7 Å². The van der Waals surface area contributed by atoms with Gasteiger partial charge in [-0.15, -0.1) is 0 Å². The van der Waals surface area contributed by atoms with Gasteiger partial charge in [-0.25, -0.2) is 9.78 Å². The van der Waals surface area contributed by atoms with E-state index in [1.807, 2.05) is 6.92 Å². The van der Waals surface area contributed by atoms with Gasteiger partial charge in [0.05, 0.1) is 20.3 Å². The normalized spacial score (nSPS) is 14.3. The van der Waals surface area contributed by atoms with Crippen molar-refractivity contribution in [2.24, 2.45) is 0 Å². The minimum Gasteiger partial charge on any atom is -0.382 e. The molecule has 0 N–H and O–H groups in total. The van der Waals surface area contributed by atoms with Gasteiger partial charge in [0.1, 0.15) is 0 Å². The molecule has 108 valence electrons. The first kappa shape index (κ1) is 17.6. The molecule has 18 heavy (non-hydrogen) atoms. The lowest BCUT2D eigenvalue weighted by atomic mass is 10.1. The maximum atomic E-state index is 5.65. The van der Waals surface area contributed by atoms with Crippen LogP contribution in [0.15, 0.2) is 11.6 Å². The topological polar surface area (TPSA) is 36.9 Å². The van der Waals surface area contributed by atoms with E-state index in [0.29, 0.717) is 13.2 Å². The molecule has 0 saturated carbocycles. The summed E-state index contributed by atoms with van der Waals surface area (Å²) in [5.74, 6) is -0.682. The zero-order chi connectivity index (χ0) is 13.9. The first-order valence-electron chi connectivity index (χ1n) is 6.52. The SMILES string of the molecule is COCCOC(C)(CCCCC=C(C)C)OOC. The monoisotopic (exact) mass is 260 g/mol. The summed E-state index contributed by atoms with van der Waals surface area (Å²) in [5.41, 5.74) is 1.36. The number of hydrogen-bond acceptors (Lipinski definition) is 4. The number of allylic oxidation sites excluding steroid dienone is 2. The molecular formula is C14H28O4. The third kappa shape index (κ3) is 9.59. The third-order valence-electron chi connectivity index (χ3n) is 2.59. The average molecular weight is 260 g/mol. The number of ether oxygens (including phenoxy) is 2.